The monoisotopic (exact) mass is 449 g/mol. The Morgan fingerprint density at radius 3 is 2.53 bits per heavy atom. The molecule has 2 aromatic heterocycles. The Morgan fingerprint density at radius 2 is 1.87 bits per heavy atom. The van der Waals surface area contributed by atoms with Crippen LogP contribution >= 0.6 is 11.6 Å². The van der Waals surface area contributed by atoms with Crippen LogP contribution in [0.25, 0.3) is 0 Å². The highest BCUT2D eigenvalue weighted by molar-refractivity contribution is 7.89. The Balaban J connectivity index is 1.54. The number of nitrogens with one attached hydrogen (secondary N) is 2. The molecule has 1 aromatic carbocycles. The second-order valence-electron chi connectivity index (χ2n) is 5.89. The molecule has 0 unspecified atom stereocenters. The molecule has 2 heterocycles. The van der Waals surface area contributed by atoms with Crippen molar-refractivity contribution >= 4 is 39.2 Å². The van der Waals surface area contributed by atoms with E-state index in [0.29, 0.717) is 5.76 Å². The molecule has 0 fully saturated rings. The maximum absolute atomic E-state index is 12.3. The first-order chi connectivity index (χ1) is 14.3. The van der Waals surface area contributed by atoms with E-state index in [0.717, 1.165) is 0 Å². The van der Waals surface area contributed by atoms with Crippen LogP contribution in [0, 0.1) is 0 Å². The van der Waals surface area contributed by atoms with Crippen molar-refractivity contribution in [3.63, 3.8) is 0 Å². The molecule has 1 amide bonds. The number of pyridine rings is 1. The number of hydrogen-bond donors (Lipinski definition) is 2. The Morgan fingerprint density at radius 1 is 1.10 bits per heavy atom. The summed E-state index contributed by atoms with van der Waals surface area (Å²) in [4.78, 5) is 27.8. The van der Waals surface area contributed by atoms with Gasteiger partial charge in [0.2, 0.25) is 10.0 Å². The van der Waals surface area contributed by atoms with Gasteiger partial charge in [-0.1, -0.05) is 11.6 Å². The molecule has 0 bridgehead atoms. The van der Waals surface area contributed by atoms with E-state index in [4.69, 9.17) is 20.8 Å². The number of aromatic nitrogens is 1. The summed E-state index contributed by atoms with van der Waals surface area (Å²) in [6.45, 7) is -0.552. The number of hydrogen-bond acceptors (Lipinski definition) is 7. The quantitative estimate of drug-likeness (QED) is 0.399. The van der Waals surface area contributed by atoms with E-state index in [1.165, 1.54) is 36.7 Å². The first-order valence-corrected chi connectivity index (χ1v) is 10.4. The van der Waals surface area contributed by atoms with Crippen LogP contribution in [0.1, 0.15) is 16.1 Å². The van der Waals surface area contributed by atoms with E-state index in [1.807, 2.05) is 0 Å². The maximum Gasteiger partial charge on any atom is 0.338 e. The molecule has 0 aliphatic carbocycles. The average molecular weight is 450 g/mol. The Kier molecular flexibility index (Phi) is 6.83. The third kappa shape index (κ3) is 5.66. The molecule has 2 N–H and O–H groups in total. The van der Waals surface area contributed by atoms with Gasteiger partial charge in [-0.2, -0.15) is 0 Å². The van der Waals surface area contributed by atoms with Gasteiger partial charge in [0.05, 0.1) is 29.0 Å². The predicted octanol–water partition coefficient (Wildman–Crippen LogP) is 2.60. The van der Waals surface area contributed by atoms with Gasteiger partial charge in [-0.25, -0.2) is 22.9 Å². The van der Waals surface area contributed by atoms with Crippen LogP contribution in [0.15, 0.2) is 70.3 Å². The number of amides is 1. The van der Waals surface area contributed by atoms with Crippen LogP contribution in [0.5, 0.6) is 0 Å². The summed E-state index contributed by atoms with van der Waals surface area (Å²) in [5.74, 6) is -0.917. The molecule has 0 saturated heterocycles. The van der Waals surface area contributed by atoms with Gasteiger partial charge in [0, 0.05) is 6.20 Å². The number of carbonyl (C=O) groups excluding carboxylic acids is 2. The summed E-state index contributed by atoms with van der Waals surface area (Å²) in [5, 5.41) is 2.57. The highest BCUT2D eigenvalue weighted by atomic mass is 35.5. The Labute approximate surface area is 177 Å². The van der Waals surface area contributed by atoms with E-state index in [1.54, 1.807) is 24.3 Å². The summed E-state index contributed by atoms with van der Waals surface area (Å²) in [5.41, 5.74) is 0.379. The number of sulfonamides is 1. The van der Waals surface area contributed by atoms with Crippen molar-refractivity contribution in [2.75, 3.05) is 11.9 Å². The Hall–Kier alpha value is -3.21. The number of nitrogens with zero attached hydrogens (tertiary/aromatic N) is 1. The van der Waals surface area contributed by atoms with Gasteiger partial charge in [-0.15, -0.1) is 0 Å². The maximum atomic E-state index is 12.3. The van der Waals surface area contributed by atoms with E-state index >= 15 is 0 Å². The molecule has 0 aliphatic rings. The van der Waals surface area contributed by atoms with Crippen molar-refractivity contribution in [1.82, 2.24) is 9.71 Å². The van der Waals surface area contributed by atoms with Gasteiger partial charge < -0.3 is 14.5 Å². The second kappa shape index (κ2) is 9.53. The minimum absolute atomic E-state index is 0.00477. The van der Waals surface area contributed by atoms with Crippen molar-refractivity contribution < 1.29 is 27.2 Å². The van der Waals surface area contributed by atoms with E-state index in [-0.39, 0.29) is 27.8 Å². The smallest absolute Gasteiger partial charge is 0.338 e. The third-order valence-electron chi connectivity index (χ3n) is 3.78. The number of halogens is 1. The van der Waals surface area contributed by atoms with Crippen molar-refractivity contribution in [3.8, 4) is 0 Å². The fourth-order valence-electron chi connectivity index (χ4n) is 2.31. The number of anilines is 1. The fourth-order valence-corrected chi connectivity index (χ4v) is 3.47. The summed E-state index contributed by atoms with van der Waals surface area (Å²) in [7, 11) is -3.79. The minimum Gasteiger partial charge on any atom is -0.468 e. The van der Waals surface area contributed by atoms with Gasteiger partial charge in [0.1, 0.15) is 5.76 Å². The largest absolute Gasteiger partial charge is 0.468 e. The molecular weight excluding hydrogens is 434 g/mol. The summed E-state index contributed by atoms with van der Waals surface area (Å²) in [6.07, 6.45) is 2.91. The van der Waals surface area contributed by atoms with Crippen molar-refractivity contribution in [3.05, 3.63) is 77.5 Å². The second-order valence-corrected chi connectivity index (χ2v) is 8.02. The fraction of sp³-hybridized carbons (Fsp3) is 0.105. The predicted molar refractivity (Wildman–Crippen MR) is 107 cm³/mol. The molecule has 0 aliphatic heterocycles. The van der Waals surface area contributed by atoms with Crippen molar-refractivity contribution in [2.24, 2.45) is 0 Å². The normalized spacial score (nSPS) is 11.1. The molecular formula is C19H16ClN3O6S. The van der Waals surface area contributed by atoms with E-state index < -0.39 is 28.5 Å². The lowest BCUT2D eigenvalue weighted by atomic mass is 10.2. The molecule has 156 valence electrons. The lowest BCUT2D eigenvalue weighted by Crippen LogP contribution is -2.23. The van der Waals surface area contributed by atoms with Crippen LogP contribution < -0.4 is 10.0 Å². The lowest BCUT2D eigenvalue weighted by Gasteiger charge is -2.08. The van der Waals surface area contributed by atoms with E-state index in [9.17, 15) is 18.0 Å². The SMILES string of the molecule is O=C(COC(=O)c1ccc(S(=O)(=O)NCc2ccco2)cc1)Nc1cccnc1Cl. The number of carbonyl (C=O) groups is 2. The summed E-state index contributed by atoms with van der Waals surface area (Å²) in [6, 6.07) is 11.5. The van der Waals surface area contributed by atoms with Crippen LogP contribution in [0.3, 0.4) is 0 Å². The highest BCUT2D eigenvalue weighted by Gasteiger charge is 2.16. The number of ether oxygens (including phenoxy) is 1. The first-order valence-electron chi connectivity index (χ1n) is 8.55. The number of benzene rings is 1. The lowest BCUT2D eigenvalue weighted by molar-refractivity contribution is -0.119. The molecule has 0 radical (unpaired) electrons. The van der Waals surface area contributed by atoms with Crippen LogP contribution in [0.2, 0.25) is 5.15 Å². The average Bonchev–Trinajstić information content (AvgIpc) is 3.26. The topological polar surface area (TPSA) is 128 Å². The summed E-state index contributed by atoms with van der Waals surface area (Å²) >= 11 is 5.84. The first kappa shape index (κ1) is 21.5. The summed E-state index contributed by atoms with van der Waals surface area (Å²) < 4.78 is 37.0. The van der Waals surface area contributed by atoms with Gasteiger partial charge in [0.15, 0.2) is 11.8 Å². The molecule has 30 heavy (non-hydrogen) atoms. The zero-order valence-corrected chi connectivity index (χ0v) is 16.9. The zero-order chi connectivity index (χ0) is 21.6. The van der Waals surface area contributed by atoms with Crippen LogP contribution in [-0.2, 0) is 26.1 Å². The van der Waals surface area contributed by atoms with Crippen molar-refractivity contribution in [1.29, 1.82) is 0 Å². The van der Waals surface area contributed by atoms with Gasteiger partial charge in [-0.3, -0.25) is 4.79 Å². The molecule has 0 spiro atoms. The van der Waals surface area contributed by atoms with Crippen LogP contribution in [0.4, 0.5) is 5.69 Å². The number of furan rings is 1. The van der Waals surface area contributed by atoms with Gasteiger partial charge in [0.25, 0.3) is 5.91 Å². The zero-order valence-electron chi connectivity index (χ0n) is 15.4. The Bertz CT molecular complexity index is 1130. The highest BCUT2D eigenvalue weighted by Crippen LogP contribution is 2.17. The standard InChI is InChI=1S/C19H16ClN3O6S/c20-18-16(4-1-9-21-18)23-17(24)12-29-19(25)13-5-7-15(8-6-13)30(26,27)22-11-14-3-2-10-28-14/h1-10,22H,11-12H2,(H,23,24). The van der Waals surface area contributed by atoms with E-state index in [2.05, 4.69) is 15.0 Å². The molecule has 3 rings (SSSR count). The molecule has 0 saturated carbocycles. The minimum atomic E-state index is -3.79. The molecule has 0 atom stereocenters. The number of rotatable bonds is 8. The molecule has 3 aromatic rings. The van der Waals surface area contributed by atoms with Crippen molar-refractivity contribution in [2.45, 2.75) is 11.4 Å². The third-order valence-corrected chi connectivity index (χ3v) is 5.50. The van der Waals surface area contributed by atoms with Gasteiger partial charge >= 0.3 is 5.97 Å². The number of esters is 1. The molecule has 9 nitrogen and oxygen atoms in total. The molecule has 11 heteroatoms. The van der Waals surface area contributed by atoms with Crippen LogP contribution in [-0.4, -0.2) is 31.9 Å². The van der Waals surface area contributed by atoms with Gasteiger partial charge in [-0.05, 0) is 48.5 Å².